The lowest BCUT2D eigenvalue weighted by Gasteiger charge is -2.66. The fourth-order valence-corrected chi connectivity index (χ4v) is 8.64. The minimum absolute atomic E-state index is 0.0229. The van der Waals surface area contributed by atoms with Crippen molar-refractivity contribution in [2.75, 3.05) is 0 Å². The second-order valence-corrected chi connectivity index (χ2v) is 12.5. The van der Waals surface area contributed by atoms with Crippen LogP contribution in [0.4, 0.5) is 0 Å². The largest absolute Gasteiger partial charge is 0.507 e. The molecular weight excluding hydrogens is 496 g/mol. The number of rotatable bonds is 6. The number of fused-ring (bicyclic) bond motifs is 3. The molecule has 0 unspecified atom stereocenters. The monoisotopic (exact) mass is 536 g/mol. The van der Waals surface area contributed by atoms with Gasteiger partial charge in [-0.15, -0.1) is 0 Å². The Morgan fingerprint density at radius 1 is 1.08 bits per heavy atom. The molecule has 0 aromatic heterocycles. The van der Waals surface area contributed by atoms with E-state index in [-0.39, 0.29) is 40.6 Å². The van der Waals surface area contributed by atoms with Crippen LogP contribution in [0.15, 0.2) is 34.9 Å². The number of carbonyl (C=O) groups is 4. The van der Waals surface area contributed by atoms with E-state index < -0.39 is 57.3 Å². The first-order valence-corrected chi connectivity index (χ1v) is 13.9. The van der Waals surface area contributed by atoms with Crippen LogP contribution >= 0.6 is 0 Å². The molecule has 3 aliphatic rings. The molecule has 6 atom stereocenters. The Morgan fingerprint density at radius 3 is 2.23 bits per heavy atom. The lowest BCUT2D eigenvalue weighted by Crippen LogP contribution is -2.74. The van der Waals surface area contributed by atoms with Gasteiger partial charge in [0.15, 0.2) is 11.4 Å². The van der Waals surface area contributed by atoms with Gasteiger partial charge in [-0.3, -0.25) is 19.2 Å². The van der Waals surface area contributed by atoms with E-state index in [0.717, 1.165) is 0 Å². The molecule has 39 heavy (non-hydrogen) atoms. The van der Waals surface area contributed by atoms with E-state index in [4.69, 9.17) is 0 Å². The summed E-state index contributed by atoms with van der Waals surface area (Å²) in [5.74, 6) is -5.28. The van der Waals surface area contributed by atoms with Gasteiger partial charge in [0.1, 0.15) is 17.3 Å². The Kier molecular flexibility index (Phi) is 6.87. The summed E-state index contributed by atoms with van der Waals surface area (Å²) < 4.78 is 0. The molecular formula is C32H40O7. The van der Waals surface area contributed by atoms with Crippen LogP contribution in [0.25, 0.3) is 5.76 Å². The SMILES string of the molecule is CCCC(=O)C[C@H]1[C@@]2(C)C(=C(O)c3c(O)cccc3[C@@H]2C)C(=O)[C@]2(O)C(=O)C(C(C)=O)=C(C)[C@@H](C(C)C)[C@]12C. The van der Waals surface area contributed by atoms with E-state index in [0.29, 0.717) is 24.0 Å². The van der Waals surface area contributed by atoms with Crippen molar-refractivity contribution in [3.8, 4) is 5.75 Å². The summed E-state index contributed by atoms with van der Waals surface area (Å²) in [7, 11) is 0. The van der Waals surface area contributed by atoms with Crippen LogP contribution in [0.3, 0.4) is 0 Å². The lowest BCUT2D eigenvalue weighted by molar-refractivity contribution is -0.198. The number of Topliss-reactive ketones (excluding diaryl/α,β-unsaturated/α-hetero) is 4. The van der Waals surface area contributed by atoms with Crippen molar-refractivity contribution < 1.29 is 34.5 Å². The Hall–Kier alpha value is -3.06. The molecule has 0 amide bonds. The molecule has 0 heterocycles. The molecule has 0 spiro atoms. The molecule has 1 aromatic rings. The summed E-state index contributed by atoms with van der Waals surface area (Å²) in [6.45, 7) is 14.1. The number of allylic oxidation sites excluding steroid dienone is 1. The average molecular weight is 537 g/mol. The molecule has 7 nitrogen and oxygen atoms in total. The predicted molar refractivity (Wildman–Crippen MR) is 147 cm³/mol. The number of hydrogen-bond acceptors (Lipinski definition) is 7. The second kappa shape index (κ2) is 9.26. The lowest BCUT2D eigenvalue weighted by atomic mass is 9.36. The van der Waals surface area contributed by atoms with Gasteiger partial charge in [0.2, 0.25) is 11.6 Å². The molecule has 1 aromatic carbocycles. The molecule has 0 radical (unpaired) electrons. The molecule has 4 rings (SSSR count). The van der Waals surface area contributed by atoms with Crippen LogP contribution in [0.1, 0.15) is 91.7 Å². The molecule has 3 aliphatic carbocycles. The van der Waals surface area contributed by atoms with Crippen molar-refractivity contribution in [2.24, 2.45) is 28.6 Å². The Morgan fingerprint density at radius 2 is 1.69 bits per heavy atom. The van der Waals surface area contributed by atoms with Crippen LogP contribution in [0.5, 0.6) is 5.75 Å². The van der Waals surface area contributed by atoms with E-state index in [1.165, 1.54) is 13.0 Å². The molecule has 1 saturated carbocycles. The summed E-state index contributed by atoms with van der Waals surface area (Å²) >= 11 is 0. The highest BCUT2D eigenvalue weighted by Crippen LogP contribution is 2.71. The van der Waals surface area contributed by atoms with Crippen molar-refractivity contribution in [2.45, 2.75) is 86.2 Å². The zero-order valence-corrected chi connectivity index (χ0v) is 24.1. The maximum atomic E-state index is 14.6. The molecule has 0 bridgehead atoms. The van der Waals surface area contributed by atoms with Crippen molar-refractivity contribution in [1.29, 1.82) is 0 Å². The summed E-state index contributed by atoms with van der Waals surface area (Å²) in [5.41, 5.74) is -4.49. The third-order valence-corrected chi connectivity index (χ3v) is 10.3. The minimum Gasteiger partial charge on any atom is -0.507 e. The van der Waals surface area contributed by atoms with Gasteiger partial charge in [-0.2, -0.15) is 0 Å². The van der Waals surface area contributed by atoms with Crippen molar-refractivity contribution in [1.82, 2.24) is 0 Å². The van der Waals surface area contributed by atoms with Gasteiger partial charge in [-0.25, -0.2) is 0 Å². The third-order valence-electron chi connectivity index (χ3n) is 10.3. The minimum atomic E-state index is -2.69. The van der Waals surface area contributed by atoms with Crippen LogP contribution in [0, 0.1) is 28.6 Å². The van der Waals surface area contributed by atoms with E-state index in [2.05, 4.69) is 0 Å². The van der Waals surface area contributed by atoms with Crippen molar-refractivity contribution >= 4 is 28.9 Å². The number of benzene rings is 1. The number of aromatic hydroxyl groups is 1. The molecule has 3 N–H and O–H groups in total. The highest BCUT2D eigenvalue weighted by atomic mass is 16.3. The van der Waals surface area contributed by atoms with Gasteiger partial charge in [-0.05, 0) is 55.6 Å². The molecule has 1 fully saturated rings. The maximum absolute atomic E-state index is 14.6. The first kappa shape index (κ1) is 28.9. The van der Waals surface area contributed by atoms with Crippen molar-refractivity contribution in [3.63, 3.8) is 0 Å². The highest BCUT2D eigenvalue weighted by molar-refractivity contribution is 6.33. The van der Waals surface area contributed by atoms with E-state index in [1.54, 1.807) is 26.0 Å². The van der Waals surface area contributed by atoms with Crippen LogP contribution < -0.4 is 0 Å². The van der Waals surface area contributed by atoms with E-state index in [1.807, 2.05) is 34.6 Å². The topological polar surface area (TPSA) is 129 Å². The van der Waals surface area contributed by atoms with Crippen LogP contribution in [-0.2, 0) is 19.2 Å². The van der Waals surface area contributed by atoms with E-state index >= 15 is 0 Å². The first-order valence-electron chi connectivity index (χ1n) is 13.9. The van der Waals surface area contributed by atoms with Crippen LogP contribution in [-0.4, -0.2) is 44.1 Å². The Bertz CT molecular complexity index is 1360. The van der Waals surface area contributed by atoms with Gasteiger partial charge >= 0.3 is 0 Å². The zero-order valence-electron chi connectivity index (χ0n) is 24.1. The zero-order chi connectivity index (χ0) is 29.4. The van der Waals surface area contributed by atoms with Gasteiger partial charge < -0.3 is 15.3 Å². The fourth-order valence-electron chi connectivity index (χ4n) is 8.64. The van der Waals surface area contributed by atoms with Gasteiger partial charge in [0, 0.05) is 29.2 Å². The molecule has 210 valence electrons. The number of phenolic OH excluding ortho intramolecular Hbond substituents is 1. The van der Waals surface area contributed by atoms with Gasteiger partial charge in [0.25, 0.3) is 0 Å². The second-order valence-electron chi connectivity index (χ2n) is 12.5. The standard InChI is InChI=1S/C32H40O7/c1-9-11-19(34)14-22-30(7)17(5)20-12-10-13-21(35)24(20)27(36)26(30)29(38)32(39)28(37)23(18(6)33)16(4)25(15(2)3)31(22,32)8/h10,12-13,15,17,22,25,35-36,39H,9,11,14H2,1-8H3/t17-,22-,25+,30-,31-,32+/m0/s1. The molecule has 0 aliphatic heterocycles. The summed E-state index contributed by atoms with van der Waals surface area (Å²) in [4.78, 5) is 55.0. The number of carbonyl (C=O) groups excluding carboxylic acids is 4. The van der Waals surface area contributed by atoms with Crippen LogP contribution in [0.2, 0.25) is 0 Å². The quantitative estimate of drug-likeness (QED) is 0.335. The van der Waals surface area contributed by atoms with Gasteiger partial charge in [-0.1, -0.05) is 59.2 Å². The Balaban J connectivity index is 2.20. The summed E-state index contributed by atoms with van der Waals surface area (Å²) in [6.07, 6.45) is 0.882. The molecule has 0 saturated heterocycles. The highest BCUT2D eigenvalue weighted by Gasteiger charge is 2.76. The number of aliphatic hydroxyl groups is 2. The number of aliphatic hydroxyl groups excluding tert-OH is 1. The summed E-state index contributed by atoms with van der Waals surface area (Å²) in [6, 6.07) is 4.85. The predicted octanol–water partition coefficient (Wildman–Crippen LogP) is 5.24. The normalized spacial score (nSPS) is 34.2. The maximum Gasteiger partial charge on any atom is 0.206 e. The Labute approximate surface area is 230 Å². The average Bonchev–Trinajstić information content (AvgIpc) is 2.83. The smallest absolute Gasteiger partial charge is 0.206 e. The van der Waals surface area contributed by atoms with Crippen molar-refractivity contribution in [3.05, 3.63) is 46.0 Å². The fraction of sp³-hybridized carbons (Fsp3) is 0.562. The number of hydrogen-bond donors (Lipinski definition) is 3. The number of phenols is 1. The third kappa shape index (κ3) is 3.44. The first-order chi connectivity index (χ1) is 18.0. The molecule has 7 heteroatoms. The number of ketones is 4. The van der Waals surface area contributed by atoms with E-state index in [9.17, 15) is 34.5 Å². The van der Waals surface area contributed by atoms with Gasteiger partial charge in [0.05, 0.1) is 11.1 Å². The summed E-state index contributed by atoms with van der Waals surface area (Å²) in [5, 5.41) is 34.9.